The zero-order valence-electron chi connectivity index (χ0n) is 11.2. The molecule has 0 saturated carbocycles. The monoisotopic (exact) mass is 244 g/mol. The smallest absolute Gasteiger partial charge is 0.167 e. The van der Waals surface area contributed by atoms with Gasteiger partial charge in [0.2, 0.25) is 0 Å². The summed E-state index contributed by atoms with van der Waals surface area (Å²) >= 11 is 0. The Balaban J connectivity index is 2.12. The minimum absolute atomic E-state index is 0.684. The van der Waals surface area contributed by atoms with Crippen molar-refractivity contribution in [2.75, 3.05) is 7.05 Å². The van der Waals surface area contributed by atoms with E-state index in [2.05, 4.69) is 48.6 Å². The summed E-state index contributed by atoms with van der Waals surface area (Å²) in [4.78, 5) is 0. The van der Waals surface area contributed by atoms with Gasteiger partial charge in [0, 0.05) is 18.2 Å². The van der Waals surface area contributed by atoms with Crippen LogP contribution in [0.5, 0.6) is 0 Å². The van der Waals surface area contributed by atoms with E-state index < -0.39 is 0 Å². The SMILES string of the molecule is CNCc1cc(-c2ccc(CC(C)C)cc2)on1. The molecule has 1 N–H and O–H groups in total. The van der Waals surface area contributed by atoms with Crippen molar-refractivity contribution in [1.82, 2.24) is 10.5 Å². The highest BCUT2D eigenvalue weighted by atomic mass is 16.5. The molecular weight excluding hydrogens is 224 g/mol. The molecule has 0 saturated heterocycles. The number of aromatic nitrogens is 1. The Morgan fingerprint density at radius 1 is 1.22 bits per heavy atom. The van der Waals surface area contributed by atoms with E-state index >= 15 is 0 Å². The maximum atomic E-state index is 5.33. The predicted molar refractivity (Wildman–Crippen MR) is 73.2 cm³/mol. The van der Waals surface area contributed by atoms with Gasteiger partial charge >= 0.3 is 0 Å². The fourth-order valence-electron chi connectivity index (χ4n) is 1.99. The van der Waals surface area contributed by atoms with Gasteiger partial charge in [-0.2, -0.15) is 0 Å². The second-order valence-corrected chi connectivity index (χ2v) is 5.01. The lowest BCUT2D eigenvalue weighted by Gasteiger charge is -2.04. The summed E-state index contributed by atoms with van der Waals surface area (Å²) in [5.41, 5.74) is 3.37. The lowest BCUT2D eigenvalue weighted by molar-refractivity contribution is 0.421. The van der Waals surface area contributed by atoms with Gasteiger partial charge in [-0.05, 0) is 24.9 Å². The van der Waals surface area contributed by atoms with Crippen molar-refractivity contribution in [3.8, 4) is 11.3 Å². The molecule has 2 aromatic rings. The lowest BCUT2D eigenvalue weighted by Crippen LogP contribution is -2.04. The first-order chi connectivity index (χ1) is 8.69. The Morgan fingerprint density at radius 3 is 2.56 bits per heavy atom. The van der Waals surface area contributed by atoms with Gasteiger partial charge in [0.05, 0.1) is 5.69 Å². The summed E-state index contributed by atoms with van der Waals surface area (Å²) in [5.74, 6) is 1.51. The molecular formula is C15H20N2O. The van der Waals surface area contributed by atoms with Crippen molar-refractivity contribution >= 4 is 0 Å². The van der Waals surface area contributed by atoms with Crippen LogP contribution in [-0.4, -0.2) is 12.2 Å². The molecule has 2 rings (SSSR count). The van der Waals surface area contributed by atoms with E-state index in [1.807, 2.05) is 13.1 Å². The zero-order valence-corrected chi connectivity index (χ0v) is 11.2. The Kier molecular flexibility index (Phi) is 4.15. The maximum absolute atomic E-state index is 5.33. The molecule has 0 bridgehead atoms. The van der Waals surface area contributed by atoms with E-state index in [1.54, 1.807) is 0 Å². The molecule has 0 amide bonds. The highest BCUT2D eigenvalue weighted by molar-refractivity contribution is 5.57. The van der Waals surface area contributed by atoms with E-state index in [0.717, 1.165) is 30.0 Å². The van der Waals surface area contributed by atoms with Gasteiger partial charge in [-0.25, -0.2) is 0 Å². The van der Waals surface area contributed by atoms with E-state index in [9.17, 15) is 0 Å². The van der Waals surface area contributed by atoms with E-state index in [0.29, 0.717) is 5.92 Å². The Labute approximate surface area is 108 Å². The first-order valence-electron chi connectivity index (χ1n) is 6.38. The average Bonchev–Trinajstić information content (AvgIpc) is 2.78. The molecule has 3 heteroatoms. The van der Waals surface area contributed by atoms with Gasteiger partial charge in [0.1, 0.15) is 0 Å². The van der Waals surface area contributed by atoms with Crippen molar-refractivity contribution in [3.05, 3.63) is 41.6 Å². The summed E-state index contributed by atoms with van der Waals surface area (Å²) in [5, 5.41) is 7.07. The summed E-state index contributed by atoms with van der Waals surface area (Å²) in [6.07, 6.45) is 1.11. The van der Waals surface area contributed by atoms with Crippen LogP contribution in [0.1, 0.15) is 25.1 Å². The van der Waals surface area contributed by atoms with Gasteiger partial charge in [-0.3, -0.25) is 0 Å². The van der Waals surface area contributed by atoms with Crippen LogP contribution in [0, 0.1) is 5.92 Å². The molecule has 3 nitrogen and oxygen atoms in total. The molecule has 0 radical (unpaired) electrons. The Morgan fingerprint density at radius 2 is 1.94 bits per heavy atom. The van der Waals surface area contributed by atoms with Gasteiger partial charge in [0.25, 0.3) is 0 Å². The van der Waals surface area contributed by atoms with E-state index in [1.165, 1.54) is 5.56 Å². The molecule has 1 heterocycles. The first kappa shape index (κ1) is 12.8. The number of rotatable bonds is 5. The minimum Gasteiger partial charge on any atom is -0.356 e. The highest BCUT2D eigenvalue weighted by Gasteiger charge is 2.06. The molecule has 0 atom stereocenters. The number of nitrogens with one attached hydrogen (secondary N) is 1. The molecule has 0 aliphatic rings. The standard InChI is InChI=1S/C15H20N2O/c1-11(2)8-12-4-6-13(7-5-12)15-9-14(10-16-3)17-18-15/h4-7,9,11,16H,8,10H2,1-3H3. The first-order valence-corrected chi connectivity index (χ1v) is 6.38. The third-order valence-corrected chi connectivity index (χ3v) is 2.80. The summed E-state index contributed by atoms with van der Waals surface area (Å²) in [7, 11) is 1.90. The highest BCUT2D eigenvalue weighted by Crippen LogP contribution is 2.21. The van der Waals surface area contributed by atoms with Crippen LogP contribution in [-0.2, 0) is 13.0 Å². The Hall–Kier alpha value is -1.61. The van der Waals surface area contributed by atoms with Crippen molar-refractivity contribution in [2.24, 2.45) is 5.92 Å². The maximum Gasteiger partial charge on any atom is 0.167 e. The van der Waals surface area contributed by atoms with Crippen LogP contribution >= 0.6 is 0 Å². The summed E-state index contributed by atoms with van der Waals surface area (Å²) in [6, 6.07) is 10.5. The van der Waals surface area contributed by atoms with Crippen LogP contribution in [0.4, 0.5) is 0 Å². The van der Waals surface area contributed by atoms with E-state index in [-0.39, 0.29) is 0 Å². The minimum atomic E-state index is 0.684. The quantitative estimate of drug-likeness (QED) is 0.877. The third kappa shape index (κ3) is 3.20. The third-order valence-electron chi connectivity index (χ3n) is 2.80. The normalized spacial score (nSPS) is 11.1. The Bertz CT molecular complexity index is 485. The lowest BCUT2D eigenvalue weighted by atomic mass is 10.0. The molecule has 18 heavy (non-hydrogen) atoms. The molecule has 96 valence electrons. The van der Waals surface area contributed by atoms with Crippen molar-refractivity contribution in [3.63, 3.8) is 0 Å². The van der Waals surface area contributed by atoms with Crippen molar-refractivity contribution in [1.29, 1.82) is 0 Å². The second kappa shape index (κ2) is 5.83. The molecule has 0 unspecified atom stereocenters. The largest absolute Gasteiger partial charge is 0.356 e. The number of hydrogen-bond donors (Lipinski definition) is 1. The predicted octanol–water partition coefficient (Wildman–Crippen LogP) is 3.26. The van der Waals surface area contributed by atoms with E-state index in [4.69, 9.17) is 4.52 Å². The second-order valence-electron chi connectivity index (χ2n) is 5.01. The average molecular weight is 244 g/mol. The zero-order chi connectivity index (χ0) is 13.0. The molecule has 1 aromatic carbocycles. The van der Waals surface area contributed by atoms with Crippen molar-refractivity contribution < 1.29 is 4.52 Å². The van der Waals surface area contributed by atoms with Crippen LogP contribution in [0.3, 0.4) is 0 Å². The van der Waals surface area contributed by atoms with Crippen LogP contribution in [0.2, 0.25) is 0 Å². The van der Waals surface area contributed by atoms with Crippen LogP contribution < -0.4 is 5.32 Å². The fraction of sp³-hybridized carbons (Fsp3) is 0.400. The molecule has 0 aliphatic heterocycles. The molecule has 0 aliphatic carbocycles. The summed E-state index contributed by atoms with van der Waals surface area (Å²) < 4.78 is 5.33. The number of nitrogens with zero attached hydrogens (tertiary/aromatic N) is 1. The van der Waals surface area contributed by atoms with Crippen LogP contribution in [0.15, 0.2) is 34.9 Å². The summed E-state index contributed by atoms with van der Waals surface area (Å²) in [6.45, 7) is 5.19. The molecule has 0 fully saturated rings. The fourth-order valence-corrected chi connectivity index (χ4v) is 1.99. The van der Waals surface area contributed by atoms with Gasteiger partial charge < -0.3 is 9.84 Å². The topological polar surface area (TPSA) is 38.1 Å². The number of benzene rings is 1. The van der Waals surface area contributed by atoms with Crippen molar-refractivity contribution in [2.45, 2.75) is 26.8 Å². The molecule has 0 spiro atoms. The number of hydrogen-bond acceptors (Lipinski definition) is 3. The molecule has 1 aromatic heterocycles. The van der Waals surface area contributed by atoms with Gasteiger partial charge in [-0.15, -0.1) is 0 Å². The van der Waals surface area contributed by atoms with Crippen LogP contribution in [0.25, 0.3) is 11.3 Å². The van der Waals surface area contributed by atoms with Gasteiger partial charge in [0.15, 0.2) is 5.76 Å². The van der Waals surface area contributed by atoms with Gasteiger partial charge in [-0.1, -0.05) is 43.3 Å².